The lowest BCUT2D eigenvalue weighted by Crippen LogP contribution is -2.34. The third kappa shape index (κ3) is 4.86. The number of methoxy groups -OCH3 is 2. The van der Waals surface area contributed by atoms with Crippen LogP contribution >= 0.6 is 11.3 Å². The molecular weight excluding hydrogens is 324 g/mol. The van der Waals surface area contributed by atoms with E-state index in [0.717, 1.165) is 16.3 Å². The van der Waals surface area contributed by atoms with E-state index in [1.54, 1.807) is 25.6 Å². The second-order valence-corrected chi connectivity index (χ2v) is 6.39. The minimum atomic E-state index is 0.290. The van der Waals surface area contributed by atoms with Crippen molar-refractivity contribution in [3.05, 3.63) is 39.8 Å². The first kappa shape index (κ1) is 18.1. The number of nitrogens with zero attached hydrogens (tertiary/aromatic N) is 2. The highest BCUT2D eigenvalue weighted by molar-refractivity contribution is 7.09. The molecule has 0 spiro atoms. The van der Waals surface area contributed by atoms with Crippen molar-refractivity contribution in [2.24, 2.45) is 10.7 Å². The zero-order chi connectivity index (χ0) is 17.5. The van der Waals surface area contributed by atoms with E-state index in [-0.39, 0.29) is 0 Å². The number of aliphatic imine (C=N–C) groups is 1. The summed E-state index contributed by atoms with van der Waals surface area (Å²) in [5, 5.41) is 6.31. The third-order valence-corrected chi connectivity index (χ3v) is 4.72. The van der Waals surface area contributed by atoms with E-state index in [0.29, 0.717) is 36.5 Å². The van der Waals surface area contributed by atoms with Crippen molar-refractivity contribution in [1.82, 2.24) is 10.3 Å². The molecule has 3 N–H and O–H groups in total. The van der Waals surface area contributed by atoms with Gasteiger partial charge in [-0.15, -0.1) is 11.3 Å². The van der Waals surface area contributed by atoms with Crippen molar-refractivity contribution in [2.75, 3.05) is 20.8 Å². The quantitative estimate of drug-likeness (QED) is 0.594. The van der Waals surface area contributed by atoms with E-state index in [4.69, 9.17) is 15.2 Å². The number of hydrogen-bond donors (Lipinski definition) is 2. The zero-order valence-electron chi connectivity index (χ0n) is 14.5. The van der Waals surface area contributed by atoms with Gasteiger partial charge in [-0.05, 0) is 24.6 Å². The average Bonchev–Trinajstić information content (AvgIpc) is 3.04. The molecule has 0 aliphatic carbocycles. The Morgan fingerprint density at radius 2 is 2.08 bits per heavy atom. The van der Waals surface area contributed by atoms with E-state index >= 15 is 0 Å². The lowest BCUT2D eigenvalue weighted by Gasteiger charge is -2.11. The second kappa shape index (κ2) is 8.54. The van der Waals surface area contributed by atoms with Gasteiger partial charge >= 0.3 is 0 Å². The van der Waals surface area contributed by atoms with Crippen molar-refractivity contribution >= 4 is 17.3 Å². The van der Waals surface area contributed by atoms with Crippen molar-refractivity contribution in [1.29, 1.82) is 0 Å². The number of thiazole rings is 1. The molecule has 24 heavy (non-hydrogen) atoms. The van der Waals surface area contributed by atoms with Crippen LogP contribution in [0.1, 0.15) is 29.1 Å². The zero-order valence-corrected chi connectivity index (χ0v) is 15.3. The van der Waals surface area contributed by atoms with Crippen LogP contribution < -0.4 is 20.5 Å². The molecule has 0 aliphatic rings. The number of benzene rings is 1. The molecule has 0 saturated carbocycles. The van der Waals surface area contributed by atoms with Gasteiger partial charge in [-0.1, -0.05) is 13.0 Å². The number of aromatic nitrogens is 1. The van der Waals surface area contributed by atoms with Gasteiger partial charge < -0.3 is 20.5 Å². The van der Waals surface area contributed by atoms with E-state index in [1.165, 1.54) is 0 Å². The van der Waals surface area contributed by atoms with Gasteiger partial charge in [-0.25, -0.2) is 9.98 Å². The minimum absolute atomic E-state index is 0.290. The topological polar surface area (TPSA) is 81.8 Å². The largest absolute Gasteiger partial charge is 0.493 e. The van der Waals surface area contributed by atoms with E-state index in [2.05, 4.69) is 27.6 Å². The van der Waals surface area contributed by atoms with Crippen LogP contribution in [0.5, 0.6) is 11.5 Å². The van der Waals surface area contributed by atoms with Gasteiger partial charge in [0.15, 0.2) is 17.5 Å². The SMILES string of the molecule is COc1ccc(CN=C(N)NCC(C)c2nc(C)cs2)cc1OC. The van der Waals surface area contributed by atoms with Crippen LogP contribution in [0.3, 0.4) is 0 Å². The smallest absolute Gasteiger partial charge is 0.188 e. The van der Waals surface area contributed by atoms with E-state index in [1.807, 2.05) is 25.1 Å². The summed E-state index contributed by atoms with van der Waals surface area (Å²) < 4.78 is 10.5. The predicted molar refractivity (Wildman–Crippen MR) is 98.1 cm³/mol. The van der Waals surface area contributed by atoms with Gasteiger partial charge in [0.25, 0.3) is 0 Å². The summed E-state index contributed by atoms with van der Waals surface area (Å²) in [6, 6.07) is 5.70. The number of rotatable bonds is 7. The molecule has 7 heteroatoms. The monoisotopic (exact) mass is 348 g/mol. The number of hydrogen-bond acceptors (Lipinski definition) is 5. The number of aryl methyl sites for hydroxylation is 1. The van der Waals surface area contributed by atoms with Gasteiger partial charge in [0.1, 0.15) is 0 Å². The maximum absolute atomic E-state index is 5.95. The highest BCUT2D eigenvalue weighted by Gasteiger charge is 2.09. The van der Waals surface area contributed by atoms with Crippen molar-refractivity contribution in [3.63, 3.8) is 0 Å². The van der Waals surface area contributed by atoms with Gasteiger partial charge in [0.05, 0.1) is 25.8 Å². The van der Waals surface area contributed by atoms with Gasteiger partial charge in [-0.2, -0.15) is 0 Å². The average molecular weight is 348 g/mol. The Morgan fingerprint density at radius 1 is 1.33 bits per heavy atom. The molecule has 2 aromatic rings. The Morgan fingerprint density at radius 3 is 2.71 bits per heavy atom. The Balaban J connectivity index is 1.89. The Kier molecular flexibility index (Phi) is 6.43. The molecule has 1 aromatic carbocycles. The molecular formula is C17H24N4O2S. The first-order valence-electron chi connectivity index (χ1n) is 7.70. The van der Waals surface area contributed by atoms with Crippen LogP contribution in [0.2, 0.25) is 0 Å². The molecule has 0 bridgehead atoms. The van der Waals surface area contributed by atoms with Crippen LogP contribution in [-0.4, -0.2) is 31.7 Å². The molecule has 0 fully saturated rings. The summed E-state index contributed by atoms with van der Waals surface area (Å²) in [4.78, 5) is 8.86. The minimum Gasteiger partial charge on any atom is -0.493 e. The van der Waals surface area contributed by atoms with Crippen molar-refractivity contribution in [3.8, 4) is 11.5 Å². The molecule has 0 amide bonds. The third-order valence-electron chi connectivity index (χ3n) is 3.53. The number of nitrogens with two attached hydrogens (primary N) is 1. The van der Waals surface area contributed by atoms with Gasteiger partial charge in [0, 0.05) is 23.5 Å². The lowest BCUT2D eigenvalue weighted by atomic mass is 10.2. The van der Waals surface area contributed by atoms with Crippen LogP contribution in [-0.2, 0) is 6.54 Å². The van der Waals surface area contributed by atoms with E-state index < -0.39 is 0 Å². The normalized spacial score (nSPS) is 12.8. The molecule has 1 heterocycles. The summed E-state index contributed by atoms with van der Waals surface area (Å²) in [5.41, 5.74) is 8.00. The first-order chi connectivity index (χ1) is 11.5. The highest BCUT2D eigenvalue weighted by Crippen LogP contribution is 2.27. The fraction of sp³-hybridized carbons (Fsp3) is 0.412. The molecule has 6 nitrogen and oxygen atoms in total. The molecule has 0 radical (unpaired) electrons. The molecule has 0 saturated heterocycles. The first-order valence-corrected chi connectivity index (χ1v) is 8.58. The Bertz CT molecular complexity index is 700. The Labute approximate surface area is 146 Å². The molecule has 1 unspecified atom stereocenters. The summed E-state index contributed by atoms with van der Waals surface area (Å²) in [6.07, 6.45) is 0. The molecule has 130 valence electrons. The predicted octanol–water partition coefficient (Wildman–Crippen LogP) is 2.68. The standard InChI is InChI=1S/C17H24N4O2S/c1-11(16-21-12(2)10-24-16)8-19-17(18)20-9-13-5-6-14(22-3)15(7-13)23-4/h5-7,10-11H,8-9H2,1-4H3,(H3,18,19,20). The molecule has 1 aromatic heterocycles. The summed E-state index contributed by atoms with van der Waals surface area (Å²) in [6.45, 7) is 5.30. The molecule has 0 aliphatic heterocycles. The summed E-state index contributed by atoms with van der Waals surface area (Å²) in [5.74, 6) is 2.09. The number of guanidine groups is 1. The lowest BCUT2D eigenvalue weighted by molar-refractivity contribution is 0.354. The van der Waals surface area contributed by atoms with Gasteiger partial charge in [0.2, 0.25) is 0 Å². The van der Waals surface area contributed by atoms with Crippen LogP contribution in [0.15, 0.2) is 28.6 Å². The van der Waals surface area contributed by atoms with Crippen LogP contribution in [0.25, 0.3) is 0 Å². The second-order valence-electron chi connectivity index (χ2n) is 5.50. The molecule has 1 atom stereocenters. The highest BCUT2D eigenvalue weighted by atomic mass is 32.1. The van der Waals surface area contributed by atoms with Gasteiger partial charge in [-0.3, -0.25) is 0 Å². The number of ether oxygens (including phenoxy) is 2. The summed E-state index contributed by atoms with van der Waals surface area (Å²) in [7, 11) is 3.23. The van der Waals surface area contributed by atoms with Crippen molar-refractivity contribution in [2.45, 2.75) is 26.3 Å². The maximum atomic E-state index is 5.95. The number of nitrogens with one attached hydrogen (secondary N) is 1. The Hall–Kier alpha value is -2.28. The van der Waals surface area contributed by atoms with Crippen LogP contribution in [0.4, 0.5) is 0 Å². The van der Waals surface area contributed by atoms with Crippen molar-refractivity contribution < 1.29 is 9.47 Å². The molecule has 2 rings (SSSR count). The fourth-order valence-electron chi connectivity index (χ4n) is 2.15. The maximum Gasteiger partial charge on any atom is 0.188 e. The van der Waals surface area contributed by atoms with E-state index in [9.17, 15) is 0 Å². The fourth-order valence-corrected chi connectivity index (χ4v) is 3.01. The summed E-state index contributed by atoms with van der Waals surface area (Å²) >= 11 is 1.67. The van der Waals surface area contributed by atoms with Crippen LogP contribution in [0, 0.1) is 6.92 Å².